The Morgan fingerprint density at radius 2 is 2.50 bits per heavy atom. The van der Waals surface area contributed by atoms with E-state index >= 15 is 0 Å². The lowest BCUT2D eigenvalue weighted by atomic mass is 10.1. The second kappa shape index (κ2) is 2.47. The van der Waals surface area contributed by atoms with Crippen molar-refractivity contribution in [1.82, 2.24) is 0 Å². The van der Waals surface area contributed by atoms with Gasteiger partial charge in [-0.25, -0.2) is 4.39 Å². The third-order valence-corrected chi connectivity index (χ3v) is 2.66. The van der Waals surface area contributed by atoms with Crippen LogP contribution in [0, 0.1) is 0 Å². The molecule has 8 heavy (non-hydrogen) atoms. The van der Waals surface area contributed by atoms with E-state index in [0.717, 1.165) is 0 Å². The summed E-state index contributed by atoms with van der Waals surface area (Å²) in [6.45, 7) is 0.898. The molecule has 0 aromatic heterocycles. The Kier molecular flexibility index (Phi) is 2.08. The normalized spacial score (nSPS) is 38.2. The Morgan fingerprint density at radius 1 is 1.75 bits per heavy atom. The van der Waals surface area contributed by atoms with Gasteiger partial charge in [0.25, 0.3) is 0 Å². The predicted molar refractivity (Wildman–Crippen MR) is 38.2 cm³/mol. The van der Waals surface area contributed by atoms with Gasteiger partial charge in [-0.1, -0.05) is 22.6 Å². The maximum atomic E-state index is 12.9. The molecule has 1 atom stereocenters. The zero-order valence-electron chi connectivity index (χ0n) is 4.49. The first-order chi connectivity index (χ1) is 3.77. The molecule has 1 saturated heterocycles. The molecule has 0 radical (unpaired) electrons. The molecule has 0 aromatic rings. The summed E-state index contributed by atoms with van der Waals surface area (Å²) in [5.74, 6) is 0. The quantitative estimate of drug-likeness (QED) is 0.490. The van der Waals surface area contributed by atoms with E-state index in [9.17, 15) is 4.39 Å². The fourth-order valence-corrected chi connectivity index (χ4v) is 1.29. The molecule has 1 rings (SSSR count). The first kappa shape index (κ1) is 6.74. The van der Waals surface area contributed by atoms with Crippen LogP contribution < -0.4 is 0 Å². The van der Waals surface area contributed by atoms with Crippen molar-refractivity contribution >= 4 is 22.6 Å². The molecule has 1 heterocycles. The van der Waals surface area contributed by atoms with Gasteiger partial charge in [-0.05, 0) is 0 Å². The summed E-state index contributed by atoms with van der Waals surface area (Å²) < 4.78 is 18.3. The molecule has 1 unspecified atom stereocenters. The van der Waals surface area contributed by atoms with E-state index in [4.69, 9.17) is 4.74 Å². The molecule has 0 aromatic carbocycles. The van der Waals surface area contributed by atoms with Crippen molar-refractivity contribution in [3.63, 3.8) is 0 Å². The summed E-state index contributed by atoms with van der Waals surface area (Å²) in [7, 11) is 0. The van der Waals surface area contributed by atoms with Crippen LogP contribution in [0.25, 0.3) is 0 Å². The Morgan fingerprint density at radius 3 is 2.75 bits per heavy atom. The zero-order chi connectivity index (χ0) is 6.04. The van der Waals surface area contributed by atoms with Gasteiger partial charge in [-0.15, -0.1) is 0 Å². The van der Waals surface area contributed by atoms with Gasteiger partial charge in [-0.3, -0.25) is 0 Å². The van der Waals surface area contributed by atoms with Crippen LogP contribution >= 0.6 is 22.6 Å². The van der Waals surface area contributed by atoms with Gasteiger partial charge < -0.3 is 4.74 Å². The van der Waals surface area contributed by atoms with Gasteiger partial charge in [0.2, 0.25) is 0 Å². The summed E-state index contributed by atoms with van der Waals surface area (Å²) in [6.07, 6.45) is 0.579. The summed E-state index contributed by atoms with van der Waals surface area (Å²) in [6, 6.07) is 0. The molecule has 0 bridgehead atoms. The molecule has 0 N–H and O–H groups in total. The van der Waals surface area contributed by atoms with E-state index in [2.05, 4.69) is 22.6 Å². The lowest BCUT2D eigenvalue weighted by Gasteiger charge is -2.11. The topological polar surface area (TPSA) is 9.23 Å². The van der Waals surface area contributed by atoms with Crippen LogP contribution in [0.1, 0.15) is 6.42 Å². The van der Waals surface area contributed by atoms with Crippen LogP contribution in [0.5, 0.6) is 0 Å². The fraction of sp³-hybridized carbons (Fsp3) is 1.00. The smallest absolute Gasteiger partial charge is 0.145 e. The van der Waals surface area contributed by atoms with Crippen LogP contribution in [0.4, 0.5) is 4.39 Å². The van der Waals surface area contributed by atoms with Crippen LogP contribution in [-0.4, -0.2) is 23.3 Å². The summed E-state index contributed by atoms with van der Waals surface area (Å²) in [4.78, 5) is 0. The average molecular weight is 230 g/mol. The minimum absolute atomic E-state index is 0.302. The van der Waals surface area contributed by atoms with Crippen LogP contribution in [0.2, 0.25) is 0 Å². The van der Waals surface area contributed by atoms with E-state index in [0.29, 0.717) is 24.1 Å². The molecule has 1 aliphatic rings. The second-order valence-corrected chi connectivity index (χ2v) is 2.85. The number of hydrogen-bond acceptors (Lipinski definition) is 1. The lowest BCUT2D eigenvalue weighted by Crippen LogP contribution is -2.24. The maximum absolute atomic E-state index is 12.9. The Bertz CT molecular complexity index is 80.5. The monoisotopic (exact) mass is 230 g/mol. The molecular weight excluding hydrogens is 222 g/mol. The van der Waals surface area contributed by atoms with Crippen molar-refractivity contribution in [2.75, 3.05) is 17.6 Å². The van der Waals surface area contributed by atoms with Crippen molar-refractivity contribution in [2.24, 2.45) is 0 Å². The summed E-state index contributed by atoms with van der Waals surface area (Å²) in [5, 5.41) is 0. The van der Waals surface area contributed by atoms with Gasteiger partial charge in [0, 0.05) is 17.5 Å². The summed E-state index contributed by atoms with van der Waals surface area (Å²) in [5.41, 5.74) is -0.999. The molecule has 3 heteroatoms. The highest BCUT2D eigenvalue weighted by atomic mass is 127. The molecule has 1 nitrogen and oxygen atoms in total. The van der Waals surface area contributed by atoms with Crippen LogP contribution in [0.3, 0.4) is 0 Å². The van der Waals surface area contributed by atoms with Gasteiger partial charge in [-0.2, -0.15) is 0 Å². The van der Waals surface area contributed by atoms with Crippen molar-refractivity contribution in [3.8, 4) is 0 Å². The second-order valence-electron chi connectivity index (χ2n) is 2.09. The fourth-order valence-electron chi connectivity index (χ4n) is 0.688. The molecule has 1 aliphatic heterocycles. The SMILES string of the molecule is FC1(CI)CCOC1. The van der Waals surface area contributed by atoms with E-state index in [1.54, 1.807) is 0 Å². The van der Waals surface area contributed by atoms with Gasteiger partial charge in [0.05, 0.1) is 6.61 Å². The van der Waals surface area contributed by atoms with E-state index in [1.807, 2.05) is 0 Å². The van der Waals surface area contributed by atoms with Crippen molar-refractivity contribution in [3.05, 3.63) is 0 Å². The van der Waals surface area contributed by atoms with Crippen LogP contribution in [-0.2, 0) is 4.74 Å². The minimum atomic E-state index is -0.999. The largest absolute Gasteiger partial charge is 0.378 e. The van der Waals surface area contributed by atoms with Gasteiger partial charge in [0.1, 0.15) is 5.67 Å². The number of alkyl halides is 2. The van der Waals surface area contributed by atoms with Crippen molar-refractivity contribution in [1.29, 1.82) is 0 Å². The van der Waals surface area contributed by atoms with Crippen LogP contribution in [0.15, 0.2) is 0 Å². The zero-order valence-corrected chi connectivity index (χ0v) is 6.65. The number of rotatable bonds is 1. The summed E-state index contributed by atoms with van der Waals surface area (Å²) >= 11 is 2.05. The highest BCUT2D eigenvalue weighted by molar-refractivity contribution is 14.1. The minimum Gasteiger partial charge on any atom is -0.378 e. The molecule has 0 saturated carbocycles. The van der Waals surface area contributed by atoms with Crippen molar-refractivity contribution < 1.29 is 9.13 Å². The molecule has 0 amide bonds. The third kappa shape index (κ3) is 1.31. The number of hydrogen-bond donors (Lipinski definition) is 0. The van der Waals surface area contributed by atoms with E-state index in [-0.39, 0.29) is 0 Å². The Balaban J connectivity index is 2.40. The molecule has 48 valence electrons. The standard InChI is InChI=1S/C5H8FIO/c6-5(3-7)1-2-8-4-5/h1-4H2. The highest BCUT2D eigenvalue weighted by Gasteiger charge is 2.33. The van der Waals surface area contributed by atoms with E-state index < -0.39 is 5.67 Å². The molecule has 0 aliphatic carbocycles. The van der Waals surface area contributed by atoms with E-state index in [1.165, 1.54) is 0 Å². The third-order valence-electron chi connectivity index (χ3n) is 1.29. The predicted octanol–water partition coefficient (Wildman–Crippen LogP) is 1.55. The Hall–Kier alpha value is 0.620. The number of halogens is 2. The van der Waals surface area contributed by atoms with Gasteiger partial charge >= 0.3 is 0 Å². The first-order valence-electron chi connectivity index (χ1n) is 2.59. The Labute approximate surface area is 61.7 Å². The molecular formula is C5H8FIO. The van der Waals surface area contributed by atoms with Gasteiger partial charge in [0.15, 0.2) is 0 Å². The maximum Gasteiger partial charge on any atom is 0.145 e. The van der Waals surface area contributed by atoms with Crippen molar-refractivity contribution in [2.45, 2.75) is 12.1 Å². The highest BCUT2D eigenvalue weighted by Crippen LogP contribution is 2.24. The average Bonchev–Trinajstić information content (AvgIpc) is 2.17. The number of ether oxygens (including phenoxy) is 1. The molecule has 0 spiro atoms. The first-order valence-corrected chi connectivity index (χ1v) is 4.12. The lowest BCUT2D eigenvalue weighted by molar-refractivity contribution is 0.131. The molecule has 1 fully saturated rings.